The molecule has 1 rings (SSSR count). The van der Waals surface area contributed by atoms with Gasteiger partial charge in [-0.3, -0.25) is 0 Å². The van der Waals surface area contributed by atoms with Gasteiger partial charge in [0.15, 0.2) is 0 Å². The molecule has 0 aliphatic carbocycles. The lowest BCUT2D eigenvalue weighted by molar-refractivity contribution is 0.432. The van der Waals surface area contributed by atoms with E-state index in [2.05, 4.69) is 20.9 Å². The molecule has 0 saturated heterocycles. The second-order valence-electron chi connectivity index (χ2n) is 2.15. The highest BCUT2D eigenvalue weighted by molar-refractivity contribution is 9.10. The van der Waals surface area contributed by atoms with Crippen molar-refractivity contribution in [3.63, 3.8) is 0 Å². The molecule has 0 radical (unpaired) electrons. The van der Waals surface area contributed by atoms with E-state index in [0.29, 0.717) is 10.3 Å². The molecule has 0 fully saturated rings. The van der Waals surface area contributed by atoms with E-state index >= 15 is 0 Å². The zero-order chi connectivity index (χ0) is 8.27. The molecule has 0 aliphatic rings. The topological polar surface area (TPSA) is 38.9 Å². The van der Waals surface area contributed by atoms with E-state index in [1.54, 1.807) is 18.2 Å². The molecule has 0 spiro atoms. The first kappa shape index (κ1) is 8.62. The predicted octanol–water partition coefficient (Wildman–Crippen LogP) is 1.81. The third kappa shape index (κ3) is 2.24. The van der Waals surface area contributed by atoms with Crippen molar-refractivity contribution in [1.82, 2.24) is 4.98 Å². The maximum absolute atomic E-state index is 12.0. The Morgan fingerprint density at radius 3 is 2.91 bits per heavy atom. The van der Waals surface area contributed by atoms with Crippen molar-refractivity contribution in [1.29, 1.82) is 0 Å². The predicted molar refractivity (Wildman–Crippen MR) is 44.8 cm³/mol. The van der Waals surface area contributed by atoms with E-state index < -0.39 is 12.7 Å². The normalized spacial score (nSPS) is 13.0. The van der Waals surface area contributed by atoms with Gasteiger partial charge >= 0.3 is 0 Å². The highest BCUT2D eigenvalue weighted by Gasteiger charge is 2.05. The van der Waals surface area contributed by atoms with Crippen molar-refractivity contribution in [2.45, 2.75) is 6.04 Å². The van der Waals surface area contributed by atoms with Crippen LogP contribution in [0.1, 0.15) is 11.7 Å². The van der Waals surface area contributed by atoms with E-state index in [-0.39, 0.29) is 0 Å². The molecule has 1 heterocycles. The second-order valence-corrected chi connectivity index (χ2v) is 2.96. The minimum atomic E-state index is -0.604. The molecule has 0 unspecified atom stereocenters. The number of nitrogens with zero attached hydrogens (tertiary/aromatic N) is 1. The van der Waals surface area contributed by atoms with Gasteiger partial charge in [-0.1, -0.05) is 6.07 Å². The fraction of sp³-hybridized carbons (Fsp3) is 0.286. The number of hydrogen-bond acceptors (Lipinski definition) is 2. The molecule has 0 amide bonds. The van der Waals surface area contributed by atoms with Crippen molar-refractivity contribution in [2.24, 2.45) is 5.73 Å². The quantitative estimate of drug-likeness (QED) is 0.770. The van der Waals surface area contributed by atoms with Gasteiger partial charge in [-0.15, -0.1) is 0 Å². The van der Waals surface area contributed by atoms with Crippen molar-refractivity contribution in [3.8, 4) is 0 Å². The molecule has 11 heavy (non-hydrogen) atoms. The van der Waals surface area contributed by atoms with Gasteiger partial charge in [-0.2, -0.15) is 0 Å². The molecular weight excluding hydrogens is 211 g/mol. The molecule has 0 bridgehead atoms. The van der Waals surface area contributed by atoms with Gasteiger partial charge in [0.05, 0.1) is 11.7 Å². The Hall–Kier alpha value is -0.480. The van der Waals surface area contributed by atoms with Gasteiger partial charge in [-0.25, -0.2) is 9.37 Å². The Bertz CT molecular complexity index is 242. The first-order valence-electron chi connectivity index (χ1n) is 3.18. The summed E-state index contributed by atoms with van der Waals surface area (Å²) in [6.45, 7) is -0.580. The Balaban J connectivity index is 2.86. The number of nitrogens with two attached hydrogens (primary N) is 1. The summed E-state index contributed by atoms with van der Waals surface area (Å²) in [5.74, 6) is 0. The van der Waals surface area contributed by atoms with Gasteiger partial charge in [0, 0.05) is 0 Å². The first-order chi connectivity index (χ1) is 5.24. The summed E-state index contributed by atoms with van der Waals surface area (Å²) in [6, 6.07) is 4.65. The Morgan fingerprint density at radius 2 is 2.36 bits per heavy atom. The summed E-state index contributed by atoms with van der Waals surface area (Å²) >= 11 is 3.17. The van der Waals surface area contributed by atoms with Gasteiger partial charge in [0.1, 0.15) is 11.3 Å². The average molecular weight is 219 g/mol. The summed E-state index contributed by atoms with van der Waals surface area (Å²) < 4.78 is 12.7. The van der Waals surface area contributed by atoms with Crippen LogP contribution in [0.4, 0.5) is 4.39 Å². The van der Waals surface area contributed by atoms with Crippen molar-refractivity contribution in [3.05, 3.63) is 28.5 Å². The number of halogens is 2. The number of rotatable bonds is 2. The highest BCUT2D eigenvalue weighted by Crippen LogP contribution is 2.11. The lowest BCUT2D eigenvalue weighted by Crippen LogP contribution is -2.13. The SMILES string of the molecule is N[C@H](CF)c1cccc(Br)n1. The van der Waals surface area contributed by atoms with Crippen molar-refractivity contribution in [2.75, 3.05) is 6.67 Å². The summed E-state index contributed by atoms with van der Waals surface area (Å²) in [5, 5.41) is 0. The molecule has 4 heteroatoms. The van der Waals surface area contributed by atoms with Crippen molar-refractivity contribution < 1.29 is 4.39 Å². The van der Waals surface area contributed by atoms with Crippen LogP contribution in [0.3, 0.4) is 0 Å². The minimum Gasteiger partial charge on any atom is -0.321 e. The standard InChI is InChI=1S/C7H8BrFN2/c8-7-3-1-2-6(11-7)5(10)4-9/h1-3,5H,4,10H2/t5-/m1/s1. The van der Waals surface area contributed by atoms with Crippen molar-refractivity contribution >= 4 is 15.9 Å². The monoisotopic (exact) mass is 218 g/mol. The molecule has 0 aliphatic heterocycles. The molecule has 1 atom stereocenters. The minimum absolute atomic E-state index is 0.571. The molecular formula is C7H8BrFN2. The molecule has 1 aromatic rings. The number of pyridine rings is 1. The molecule has 0 saturated carbocycles. The van der Waals surface area contributed by atoms with Gasteiger partial charge in [0.25, 0.3) is 0 Å². The first-order valence-corrected chi connectivity index (χ1v) is 3.97. The van der Waals surface area contributed by atoms with Gasteiger partial charge in [0.2, 0.25) is 0 Å². The van der Waals surface area contributed by atoms with E-state index in [1.165, 1.54) is 0 Å². The fourth-order valence-corrected chi connectivity index (χ4v) is 1.07. The van der Waals surface area contributed by atoms with Crippen LogP contribution in [-0.4, -0.2) is 11.7 Å². The van der Waals surface area contributed by atoms with Crippen LogP contribution in [0, 0.1) is 0 Å². The van der Waals surface area contributed by atoms with Gasteiger partial charge < -0.3 is 5.73 Å². The van der Waals surface area contributed by atoms with Crippen LogP contribution >= 0.6 is 15.9 Å². The second kappa shape index (κ2) is 3.78. The highest BCUT2D eigenvalue weighted by atomic mass is 79.9. The van der Waals surface area contributed by atoms with E-state index in [1.807, 2.05) is 0 Å². The maximum Gasteiger partial charge on any atom is 0.110 e. The molecule has 60 valence electrons. The summed E-state index contributed by atoms with van der Waals surface area (Å²) in [6.07, 6.45) is 0. The van der Waals surface area contributed by atoms with Gasteiger partial charge in [-0.05, 0) is 28.1 Å². The summed E-state index contributed by atoms with van der Waals surface area (Å²) in [5.41, 5.74) is 5.98. The van der Waals surface area contributed by atoms with Crippen LogP contribution < -0.4 is 5.73 Å². The summed E-state index contributed by atoms with van der Waals surface area (Å²) in [4.78, 5) is 4.00. The number of aromatic nitrogens is 1. The smallest absolute Gasteiger partial charge is 0.110 e. The van der Waals surface area contributed by atoms with Crippen LogP contribution in [0.25, 0.3) is 0 Å². The zero-order valence-corrected chi connectivity index (χ0v) is 7.38. The molecule has 0 aromatic carbocycles. The van der Waals surface area contributed by atoms with E-state index in [0.717, 1.165) is 0 Å². The summed E-state index contributed by atoms with van der Waals surface area (Å²) in [7, 11) is 0. The fourth-order valence-electron chi connectivity index (χ4n) is 0.710. The molecule has 1 aromatic heterocycles. The number of alkyl halides is 1. The van der Waals surface area contributed by atoms with E-state index in [4.69, 9.17) is 5.73 Å². The third-order valence-electron chi connectivity index (χ3n) is 1.28. The molecule has 2 nitrogen and oxygen atoms in total. The van der Waals surface area contributed by atoms with Crippen LogP contribution in [0.2, 0.25) is 0 Å². The van der Waals surface area contributed by atoms with Crippen LogP contribution in [0.15, 0.2) is 22.8 Å². The van der Waals surface area contributed by atoms with Crippen LogP contribution in [0.5, 0.6) is 0 Å². The zero-order valence-electron chi connectivity index (χ0n) is 5.80. The lowest BCUT2D eigenvalue weighted by Gasteiger charge is -2.05. The van der Waals surface area contributed by atoms with Crippen LogP contribution in [-0.2, 0) is 0 Å². The Labute approximate surface area is 72.8 Å². The average Bonchev–Trinajstić information content (AvgIpc) is 2.03. The lowest BCUT2D eigenvalue weighted by atomic mass is 10.2. The maximum atomic E-state index is 12.0. The Kier molecular flexibility index (Phi) is 2.96. The Morgan fingerprint density at radius 1 is 1.64 bits per heavy atom. The largest absolute Gasteiger partial charge is 0.321 e. The number of hydrogen-bond donors (Lipinski definition) is 1. The van der Waals surface area contributed by atoms with E-state index in [9.17, 15) is 4.39 Å². The third-order valence-corrected chi connectivity index (χ3v) is 1.72. The molecule has 2 N–H and O–H groups in total.